The third-order valence-corrected chi connectivity index (χ3v) is 3.28. The Morgan fingerprint density at radius 1 is 1.10 bits per heavy atom. The lowest BCUT2D eigenvalue weighted by atomic mass is 10.2. The fourth-order valence-corrected chi connectivity index (χ4v) is 2.22. The van der Waals surface area contributed by atoms with Gasteiger partial charge in [0.2, 0.25) is 11.8 Å². The molecule has 2 N–H and O–H groups in total. The van der Waals surface area contributed by atoms with Gasteiger partial charge in [-0.3, -0.25) is 4.57 Å². The molecule has 6 heteroatoms. The van der Waals surface area contributed by atoms with E-state index in [0.717, 1.165) is 16.8 Å². The maximum absolute atomic E-state index is 6.00. The lowest BCUT2D eigenvalue weighted by Gasteiger charge is -2.08. The van der Waals surface area contributed by atoms with Crippen LogP contribution >= 0.6 is 0 Å². The molecule has 108 valence electrons. The summed E-state index contributed by atoms with van der Waals surface area (Å²) in [4.78, 5) is 8.74. The van der Waals surface area contributed by atoms with Gasteiger partial charge in [0.25, 0.3) is 0 Å². The molecule has 0 fully saturated rings. The molecule has 2 heterocycles. The number of pyridine rings is 1. The molecule has 0 amide bonds. The molecule has 0 aliphatic rings. The van der Waals surface area contributed by atoms with Gasteiger partial charge in [-0.1, -0.05) is 12.1 Å². The number of nitrogens with zero attached hydrogens (tertiary/aromatic N) is 3. The largest absolute Gasteiger partial charge is 0.497 e. The fraction of sp³-hybridized carbons (Fsp3) is 0.200. The van der Waals surface area contributed by atoms with Gasteiger partial charge < -0.3 is 15.2 Å². The van der Waals surface area contributed by atoms with Crippen molar-refractivity contribution in [1.29, 1.82) is 0 Å². The van der Waals surface area contributed by atoms with Crippen molar-refractivity contribution < 1.29 is 9.47 Å². The summed E-state index contributed by atoms with van der Waals surface area (Å²) >= 11 is 0. The van der Waals surface area contributed by atoms with E-state index < -0.39 is 0 Å². The number of rotatable bonds is 4. The number of hydrogen-bond donors (Lipinski definition) is 1. The van der Waals surface area contributed by atoms with Gasteiger partial charge in [-0.2, -0.15) is 4.98 Å². The third kappa shape index (κ3) is 2.47. The Morgan fingerprint density at radius 2 is 1.95 bits per heavy atom. The Morgan fingerprint density at radius 3 is 2.71 bits per heavy atom. The van der Waals surface area contributed by atoms with Crippen LogP contribution in [0.5, 0.6) is 11.6 Å². The van der Waals surface area contributed by atoms with Crippen molar-refractivity contribution in [3.63, 3.8) is 0 Å². The molecule has 0 saturated carbocycles. The average Bonchev–Trinajstić information content (AvgIpc) is 2.82. The molecule has 21 heavy (non-hydrogen) atoms. The molecule has 0 saturated heterocycles. The Labute approximate surface area is 122 Å². The zero-order chi connectivity index (χ0) is 14.8. The number of aromatic nitrogens is 3. The summed E-state index contributed by atoms with van der Waals surface area (Å²) in [5, 5.41) is 0. The monoisotopic (exact) mass is 284 g/mol. The first-order chi connectivity index (χ1) is 10.2. The number of nitrogen functional groups attached to an aromatic ring is 1. The van der Waals surface area contributed by atoms with Crippen LogP contribution in [0.4, 0.5) is 5.95 Å². The molecule has 0 unspecified atom stereocenters. The number of methoxy groups -OCH3 is 2. The summed E-state index contributed by atoms with van der Waals surface area (Å²) in [6.07, 6.45) is 0. The van der Waals surface area contributed by atoms with Gasteiger partial charge in [0.1, 0.15) is 11.3 Å². The molecule has 0 aliphatic heterocycles. The Kier molecular flexibility index (Phi) is 3.35. The normalized spacial score (nSPS) is 10.8. The lowest BCUT2D eigenvalue weighted by molar-refractivity contribution is 0.399. The highest BCUT2D eigenvalue weighted by Crippen LogP contribution is 2.21. The van der Waals surface area contributed by atoms with Crippen molar-refractivity contribution in [2.75, 3.05) is 20.0 Å². The van der Waals surface area contributed by atoms with Gasteiger partial charge in [0.15, 0.2) is 5.65 Å². The van der Waals surface area contributed by atoms with E-state index in [2.05, 4.69) is 9.97 Å². The number of nitrogens with two attached hydrogens (primary N) is 1. The predicted molar refractivity (Wildman–Crippen MR) is 80.6 cm³/mol. The van der Waals surface area contributed by atoms with Gasteiger partial charge in [-0.05, 0) is 23.8 Å². The number of hydrogen-bond acceptors (Lipinski definition) is 5. The number of imidazole rings is 1. The van der Waals surface area contributed by atoms with Crippen LogP contribution in [0.2, 0.25) is 0 Å². The second-order valence-corrected chi connectivity index (χ2v) is 4.60. The molecule has 0 radical (unpaired) electrons. The van der Waals surface area contributed by atoms with Crippen LogP contribution in [0.1, 0.15) is 5.56 Å². The smallest absolute Gasteiger partial charge is 0.215 e. The second-order valence-electron chi connectivity index (χ2n) is 4.60. The minimum atomic E-state index is 0.425. The number of fused-ring (bicyclic) bond motifs is 1. The molecule has 0 atom stereocenters. The van der Waals surface area contributed by atoms with Gasteiger partial charge in [0, 0.05) is 6.07 Å². The first-order valence-electron chi connectivity index (χ1n) is 6.51. The average molecular weight is 284 g/mol. The van der Waals surface area contributed by atoms with Crippen molar-refractivity contribution in [2.24, 2.45) is 0 Å². The minimum Gasteiger partial charge on any atom is -0.497 e. The maximum Gasteiger partial charge on any atom is 0.215 e. The molecule has 0 aliphatic carbocycles. The zero-order valence-electron chi connectivity index (χ0n) is 11.9. The van der Waals surface area contributed by atoms with E-state index in [1.165, 1.54) is 0 Å². The Bertz CT molecular complexity index is 782. The van der Waals surface area contributed by atoms with Crippen molar-refractivity contribution >= 4 is 17.1 Å². The van der Waals surface area contributed by atoms with Gasteiger partial charge >= 0.3 is 0 Å². The Balaban J connectivity index is 2.04. The van der Waals surface area contributed by atoms with E-state index >= 15 is 0 Å². The third-order valence-electron chi connectivity index (χ3n) is 3.28. The summed E-state index contributed by atoms with van der Waals surface area (Å²) in [5.74, 6) is 1.77. The van der Waals surface area contributed by atoms with Crippen LogP contribution in [0.15, 0.2) is 36.4 Å². The highest BCUT2D eigenvalue weighted by atomic mass is 16.5. The van der Waals surface area contributed by atoms with Gasteiger partial charge in [-0.25, -0.2) is 4.98 Å². The summed E-state index contributed by atoms with van der Waals surface area (Å²) in [5.41, 5.74) is 8.51. The Hall–Kier alpha value is -2.76. The first kappa shape index (κ1) is 13.2. The van der Waals surface area contributed by atoms with Gasteiger partial charge in [0.05, 0.1) is 20.8 Å². The molecular weight excluding hydrogens is 268 g/mol. The number of anilines is 1. The number of ether oxygens (including phenoxy) is 2. The summed E-state index contributed by atoms with van der Waals surface area (Å²) in [6.45, 7) is 0.569. The molecule has 3 rings (SSSR count). The molecule has 0 spiro atoms. The summed E-state index contributed by atoms with van der Waals surface area (Å²) in [7, 11) is 3.23. The lowest BCUT2D eigenvalue weighted by Crippen LogP contribution is -2.05. The van der Waals surface area contributed by atoms with E-state index in [4.69, 9.17) is 15.2 Å². The van der Waals surface area contributed by atoms with E-state index in [9.17, 15) is 0 Å². The maximum atomic E-state index is 6.00. The molecule has 3 aromatic rings. The van der Waals surface area contributed by atoms with Crippen molar-refractivity contribution in [3.8, 4) is 11.6 Å². The molecule has 1 aromatic carbocycles. The zero-order valence-corrected chi connectivity index (χ0v) is 11.9. The van der Waals surface area contributed by atoms with E-state index in [0.29, 0.717) is 24.0 Å². The highest BCUT2D eigenvalue weighted by molar-refractivity contribution is 5.75. The topological polar surface area (TPSA) is 75.2 Å². The van der Waals surface area contributed by atoms with Crippen LogP contribution in [0.3, 0.4) is 0 Å². The standard InChI is InChI=1S/C15H16N4O2/c1-20-11-5-3-4-10(8-11)9-19-14-12(17-15(19)16)6-7-13(18-14)21-2/h3-8H,9H2,1-2H3,(H2,16,17). The molecule has 2 aromatic heterocycles. The van der Waals surface area contributed by atoms with Crippen LogP contribution in [0, 0.1) is 0 Å². The predicted octanol–water partition coefficient (Wildman–Crippen LogP) is 2.08. The molecule has 6 nitrogen and oxygen atoms in total. The van der Waals surface area contributed by atoms with Crippen LogP contribution in [-0.4, -0.2) is 28.8 Å². The van der Waals surface area contributed by atoms with Crippen molar-refractivity contribution in [2.45, 2.75) is 6.54 Å². The van der Waals surface area contributed by atoms with E-state index in [1.54, 1.807) is 20.3 Å². The van der Waals surface area contributed by atoms with Gasteiger partial charge in [-0.15, -0.1) is 0 Å². The molecular formula is C15H16N4O2. The van der Waals surface area contributed by atoms with Crippen LogP contribution in [-0.2, 0) is 6.54 Å². The fourth-order valence-electron chi connectivity index (χ4n) is 2.22. The van der Waals surface area contributed by atoms with Crippen LogP contribution in [0.25, 0.3) is 11.2 Å². The van der Waals surface area contributed by atoms with Crippen LogP contribution < -0.4 is 15.2 Å². The second kappa shape index (κ2) is 5.32. The quantitative estimate of drug-likeness (QED) is 0.794. The van der Waals surface area contributed by atoms with E-state index in [1.807, 2.05) is 34.9 Å². The van der Waals surface area contributed by atoms with Crippen molar-refractivity contribution in [3.05, 3.63) is 42.0 Å². The SMILES string of the molecule is COc1cccc(Cn2c(N)nc3ccc(OC)nc32)c1. The molecule has 0 bridgehead atoms. The van der Waals surface area contributed by atoms with Crippen molar-refractivity contribution in [1.82, 2.24) is 14.5 Å². The number of benzene rings is 1. The minimum absolute atomic E-state index is 0.425. The summed E-state index contributed by atoms with van der Waals surface area (Å²) < 4.78 is 12.3. The summed E-state index contributed by atoms with van der Waals surface area (Å²) in [6, 6.07) is 11.4. The van der Waals surface area contributed by atoms with E-state index in [-0.39, 0.29) is 0 Å². The highest BCUT2D eigenvalue weighted by Gasteiger charge is 2.11. The first-order valence-corrected chi connectivity index (χ1v) is 6.51.